The van der Waals surface area contributed by atoms with E-state index in [2.05, 4.69) is 15.9 Å². The van der Waals surface area contributed by atoms with Gasteiger partial charge in [0.2, 0.25) is 0 Å². The van der Waals surface area contributed by atoms with Crippen molar-refractivity contribution in [3.05, 3.63) is 22.1 Å². The minimum absolute atomic E-state index is 0.288. The summed E-state index contributed by atoms with van der Waals surface area (Å²) < 4.78 is 16.5. The molecule has 0 saturated heterocycles. The van der Waals surface area contributed by atoms with Gasteiger partial charge in [-0.15, -0.1) is 0 Å². The second kappa shape index (κ2) is 4.26. The molecule has 2 aliphatic rings. The second-order valence-electron chi connectivity index (χ2n) is 3.25. The van der Waals surface area contributed by atoms with Crippen LogP contribution in [-0.4, -0.2) is 26.3 Å². The van der Waals surface area contributed by atoms with Gasteiger partial charge in [0, 0.05) is 0 Å². The average molecular weight is 275 g/mol. The molecule has 4 nitrogen and oxygen atoms in total. The number of halogens is 1. The van der Waals surface area contributed by atoms with Crippen LogP contribution in [0.3, 0.4) is 0 Å². The molecule has 0 aromatic rings. The van der Waals surface area contributed by atoms with Crippen molar-refractivity contribution in [3.63, 3.8) is 0 Å². The molecule has 0 amide bonds. The third kappa shape index (κ3) is 1.88. The Morgan fingerprint density at radius 1 is 1.53 bits per heavy atom. The lowest BCUT2D eigenvalue weighted by molar-refractivity contribution is -0.146. The third-order valence-corrected chi connectivity index (χ3v) is 3.05. The second-order valence-corrected chi connectivity index (χ2v) is 4.11. The van der Waals surface area contributed by atoms with E-state index in [0.29, 0.717) is 31.2 Å². The van der Waals surface area contributed by atoms with Crippen molar-refractivity contribution < 1.29 is 19.0 Å². The molecule has 0 aromatic heterocycles. The van der Waals surface area contributed by atoms with Crippen LogP contribution in [0, 0.1) is 5.92 Å². The van der Waals surface area contributed by atoms with Crippen molar-refractivity contribution in [2.75, 3.05) is 20.3 Å². The summed E-state index contributed by atoms with van der Waals surface area (Å²) in [6, 6.07) is 0. The highest BCUT2D eigenvalue weighted by atomic mass is 79.9. The molecular weight excluding hydrogens is 264 g/mol. The Hall–Kier alpha value is -0.970. The highest BCUT2D eigenvalue weighted by molar-refractivity contribution is 9.11. The molecule has 0 N–H and O–H groups in total. The zero-order valence-corrected chi connectivity index (χ0v) is 9.87. The first-order valence-electron chi connectivity index (χ1n) is 4.67. The number of methoxy groups -OCH3 is 1. The van der Waals surface area contributed by atoms with Crippen molar-refractivity contribution in [1.82, 2.24) is 0 Å². The number of hydrogen-bond acceptors (Lipinski definition) is 4. The van der Waals surface area contributed by atoms with E-state index in [4.69, 9.17) is 14.2 Å². The lowest BCUT2D eigenvalue weighted by Gasteiger charge is -2.28. The molecule has 0 radical (unpaired) electrons. The van der Waals surface area contributed by atoms with E-state index in [1.807, 2.05) is 6.08 Å². The molecule has 0 aromatic carbocycles. The predicted octanol–water partition coefficient (Wildman–Crippen LogP) is 1.72. The van der Waals surface area contributed by atoms with E-state index >= 15 is 0 Å². The summed E-state index contributed by atoms with van der Waals surface area (Å²) in [5.41, 5.74) is 0. The Bertz CT molecular complexity index is 345. The van der Waals surface area contributed by atoms with Gasteiger partial charge in [-0.05, 0) is 22.4 Å². The van der Waals surface area contributed by atoms with Gasteiger partial charge in [0.15, 0.2) is 11.5 Å². The fraction of sp³-hybridized carbons (Fsp3) is 0.500. The van der Waals surface area contributed by atoms with E-state index < -0.39 is 0 Å². The van der Waals surface area contributed by atoms with Gasteiger partial charge in [0.25, 0.3) is 0 Å². The van der Waals surface area contributed by atoms with Crippen LogP contribution >= 0.6 is 15.9 Å². The smallest absolute Gasteiger partial charge is 0.316 e. The molecule has 0 fully saturated rings. The number of rotatable bonds is 1. The van der Waals surface area contributed by atoms with Crippen molar-refractivity contribution >= 4 is 21.9 Å². The summed E-state index contributed by atoms with van der Waals surface area (Å²) in [4.78, 5) is 11.5. The summed E-state index contributed by atoms with van der Waals surface area (Å²) in [5.74, 6) is 0.557. The van der Waals surface area contributed by atoms with Crippen molar-refractivity contribution in [2.24, 2.45) is 5.92 Å². The van der Waals surface area contributed by atoms with Crippen LogP contribution < -0.4 is 0 Å². The quantitative estimate of drug-likeness (QED) is 0.683. The minimum Gasteiger partial charge on any atom is -0.490 e. The maximum atomic E-state index is 11.5. The number of ether oxygens (including phenoxy) is 3. The summed E-state index contributed by atoms with van der Waals surface area (Å²) in [6.07, 6.45) is 2.48. The van der Waals surface area contributed by atoms with E-state index in [0.717, 1.165) is 4.48 Å². The Labute approximate surface area is 96.0 Å². The molecule has 1 atom stereocenters. The monoisotopic (exact) mass is 274 g/mol. The van der Waals surface area contributed by atoms with Crippen LogP contribution in [0.2, 0.25) is 0 Å². The Morgan fingerprint density at radius 2 is 2.27 bits per heavy atom. The number of hydrogen-bond donors (Lipinski definition) is 0. The first-order chi connectivity index (χ1) is 7.24. The zero-order valence-electron chi connectivity index (χ0n) is 8.29. The predicted molar refractivity (Wildman–Crippen MR) is 56.1 cm³/mol. The molecule has 2 rings (SSSR count). The highest BCUT2D eigenvalue weighted by Gasteiger charge is 2.34. The molecule has 1 unspecified atom stereocenters. The number of esters is 1. The van der Waals surface area contributed by atoms with Gasteiger partial charge in [0.1, 0.15) is 19.1 Å². The van der Waals surface area contributed by atoms with Gasteiger partial charge in [-0.3, -0.25) is 4.79 Å². The van der Waals surface area contributed by atoms with Crippen LogP contribution in [0.5, 0.6) is 0 Å². The van der Waals surface area contributed by atoms with Gasteiger partial charge >= 0.3 is 5.97 Å². The van der Waals surface area contributed by atoms with Gasteiger partial charge in [-0.1, -0.05) is 6.08 Å². The van der Waals surface area contributed by atoms with Crippen LogP contribution in [0.1, 0.15) is 6.42 Å². The molecule has 82 valence electrons. The molecule has 0 saturated carbocycles. The lowest BCUT2D eigenvalue weighted by Crippen LogP contribution is -2.27. The standard InChI is InChI=1S/C10H11BrO4/c1-13-10(12)6-2-3-7(11)9-8(6)14-4-5-15-9/h3,6H,2,4-5H2,1H3. The van der Waals surface area contributed by atoms with Crippen LogP contribution in [0.4, 0.5) is 0 Å². The number of carbonyl (C=O) groups is 1. The molecular formula is C10H11BrO4. The van der Waals surface area contributed by atoms with Crippen molar-refractivity contribution in [1.29, 1.82) is 0 Å². The molecule has 5 heteroatoms. The topological polar surface area (TPSA) is 44.8 Å². The Morgan fingerprint density at radius 3 is 3.00 bits per heavy atom. The molecule has 1 heterocycles. The van der Waals surface area contributed by atoms with Crippen LogP contribution in [-0.2, 0) is 19.0 Å². The van der Waals surface area contributed by atoms with Crippen LogP contribution in [0.15, 0.2) is 22.1 Å². The summed E-state index contributed by atoms with van der Waals surface area (Å²) >= 11 is 3.37. The summed E-state index contributed by atoms with van der Waals surface area (Å²) in [7, 11) is 1.37. The average Bonchev–Trinajstić information content (AvgIpc) is 2.29. The van der Waals surface area contributed by atoms with Crippen molar-refractivity contribution in [3.8, 4) is 0 Å². The molecule has 0 bridgehead atoms. The maximum Gasteiger partial charge on any atom is 0.316 e. The van der Waals surface area contributed by atoms with E-state index in [1.54, 1.807) is 0 Å². The molecule has 1 aliphatic heterocycles. The molecule has 1 aliphatic carbocycles. The van der Waals surface area contributed by atoms with Gasteiger partial charge in [-0.25, -0.2) is 0 Å². The van der Waals surface area contributed by atoms with Crippen LogP contribution in [0.25, 0.3) is 0 Å². The molecule has 15 heavy (non-hydrogen) atoms. The van der Waals surface area contributed by atoms with Gasteiger partial charge in [-0.2, -0.15) is 0 Å². The lowest BCUT2D eigenvalue weighted by atomic mass is 9.97. The SMILES string of the molecule is COC(=O)C1CC=C(Br)C2=C1OCCO2. The summed E-state index contributed by atoms with van der Waals surface area (Å²) in [5, 5.41) is 0. The fourth-order valence-electron chi connectivity index (χ4n) is 1.64. The van der Waals surface area contributed by atoms with Gasteiger partial charge < -0.3 is 14.2 Å². The highest BCUT2D eigenvalue weighted by Crippen LogP contribution is 2.36. The first-order valence-corrected chi connectivity index (χ1v) is 5.47. The number of allylic oxidation sites excluding steroid dienone is 2. The van der Waals surface area contributed by atoms with E-state index in [9.17, 15) is 4.79 Å². The van der Waals surface area contributed by atoms with E-state index in [1.165, 1.54) is 7.11 Å². The fourth-order valence-corrected chi connectivity index (χ4v) is 2.14. The normalized spacial score (nSPS) is 24.7. The van der Waals surface area contributed by atoms with E-state index in [-0.39, 0.29) is 11.9 Å². The first kappa shape index (κ1) is 10.5. The largest absolute Gasteiger partial charge is 0.490 e. The third-order valence-electron chi connectivity index (χ3n) is 2.36. The minimum atomic E-state index is -0.369. The Balaban J connectivity index is 2.31. The van der Waals surface area contributed by atoms with Crippen molar-refractivity contribution in [2.45, 2.75) is 6.42 Å². The zero-order chi connectivity index (χ0) is 10.8. The van der Waals surface area contributed by atoms with Gasteiger partial charge in [0.05, 0.1) is 11.6 Å². The maximum absolute atomic E-state index is 11.5. The Kier molecular flexibility index (Phi) is 3.00. The number of carbonyl (C=O) groups excluding carboxylic acids is 1. The summed E-state index contributed by atoms with van der Waals surface area (Å²) in [6.45, 7) is 0.988. The molecule has 0 spiro atoms.